The summed E-state index contributed by atoms with van der Waals surface area (Å²) in [6, 6.07) is 5.03. The SMILES string of the molecule is CCNC(=S)N[NH+]=Cc1ccc(O)c(OC)c1. The lowest BCUT2D eigenvalue weighted by Crippen LogP contribution is -2.82. The molecule has 0 aliphatic heterocycles. The van der Waals surface area contributed by atoms with Crippen molar-refractivity contribution < 1.29 is 14.9 Å². The van der Waals surface area contributed by atoms with Crippen LogP contribution in [-0.2, 0) is 0 Å². The molecule has 0 bridgehead atoms. The minimum atomic E-state index is 0.112. The van der Waals surface area contributed by atoms with Crippen molar-refractivity contribution in [3.8, 4) is 11.5 Å². The highest BCUT2D eigenvalue weighted by Crippen LogP contribution is 2.25. The number of hydrogen-bond acceptors (Lipinski definition) is 3. The number of nitrogens with one attached hydrogen (secondary N) is 3. The molecule has 0 unspecified atom stereocenters. The van der Waals surface area contributed by atoms with Crippen LogP contribution < -0.4 is 20.6 Å². The van der Waals surface area contributed by atoms with Crippen LogP contribution in [-0.4, -0.2) is 30.1 Å². The van der Waals surface area contributed by atoms with Gasteiger partial charge in [0.1, 0.15) is 0 Å². The topological polar surface area (TPSA) is 67.5 Å². The van der Waals surface area contributed by atoms with Crippen LogP contribution in [0.3, 0.4) is 0 Å². The number of phenols is 1. The quantitative estimate of drug-likeness (QED) is 0.325. The summed E-state index contributed by atoms with van der Waals surface area (Å²) in [5, 5.41) is 15.7. The van der Waals surface area contributed by atoms with Gasteiger partial charge in [-0.3, -0.25) is 0 Å². The molecule has 1 rings (SSSR count). The molecule has 1 aromatic carbocycles. The summed E-state index contributed by atoms with van der Waals surface area (Å²) in [6.07, 6.45) is 1.71. The Bertz CT molecular complexity index is 421. The fourth-order valence-electron chi connectivity index (χ4n) is 1.17. The van der Waals surface area contributed by atoms with Gasteiger partial charge in [-0.2, -0.15) is 0 Å². The molecule has 0 fully saturated rings. The minimum Gasteiger partial charge on any atom is -0.504 e. The Morgan fingerprint density at radius 2 is 2.35 bits per heavy atom. The van der Waals surface area contributed by atoms with Crippen molar-refractivity contribution in [1.29, 1.82) is 0 Å². The zero-order valence-corrected chi connectivity index (χ0v) is 10.6. The van der Waals surface area contributed by atoms with Crippen molar-refractivity contribution in [3.05, 3.63) is 23.8 Å². The maximum atomic E-state index is 9.41. The van der Waals surface area contributed by atoms with Gasteiger partial charge in [0, 0.05) is 12.1 Å². The summed E-state index contributed by atoms with van der Waals surface area (Å²) in [5.41, 5.74) is 3.65. The number of thiocarbonyl (C=S) groups is 1. The van der Waals surface area contributed by atoms with Crippen LogP contribution in [0.4, 0.5) is 0 Å². The van der Waals surface area contributed by atoms with Crippen LogP contribution in [0, 0.1) is 0 Å². The number of benzene rings is 1. The Kier molecular flexibility index (Phi) is 5.22. The van der Waals surface area contributed by atoms with Crippen molar-refractivity contribution in [2.45, 2.75) is 6.92 Å². The Morgan fingerprint density at radius 3 is 3.00 bits per heavy atom. The van der Waals surface area contributed by atoms with Crippen molar-refractivity contribution in [2.75, 3.05) is 13.7 Å². The lowest BCUT2D eigenvalue weighted by atomic mass is 10.2. The third-order valence-corrected chi connectivity index (χ3v) is 2.21. The van der Waals surface area contributed by atoms with E-state index in [0.717, 1.165) is 12.1 Å². The van der Waals surface area contributed by atoms with Gasteiger partial charge in [-0.05, 0) is 37.3 Å². The van der Waals surface area contributed by atoms with E-state index in [1.807, 2.05) is 6.92 Å². The first-order valence-electron chi connectivity index (χ1n) is 5.17. The molecule has 6 heteroatoms. The average Bonchev–Trinajstić information content (AvgIpc) is 2.31. The zero-order chi connectivity index (χ0) is 12.7. The summed E-state index contributed by atoms with van der Waals surface area (Å²) in [5.74, 6) is 0.538. The van der Waals surface area contributed by atoms with Gasteiger partial charge in [0.2, 0.25) is 5.11 Å². The van der Waals surface area contributed by atoms with E-state index >= 15 is 0 Å². The highest BCUT2D eigenvalue weighted by atomic mass is 32.1. The molecule has 4 N–H and O–H groups in total. The second-order valence-corrected chi connectivity index (χ2v) is 3.61. The number of phenolic OH excluding ortho intramolecular Hbond substituents is 1. The molecule has 0 saturated heterocycles. The summed E-state index contributed by atoms with van der Waals surface area (Å²) in [4.78, 5) is 0. The van der Waals surface area contributed by atoms with Crippen molar-refractivity contribution in [3.63, 3.8) is 0 Å². The highest BCUT2D eigenvalue weighted by Gasteiger charge is 2.02. The molecule has 0 aromatic heterocycles. The third kappa shape index (κ3) is 4.28. The Morgan fingerprint density at radius 1 is 1.59 bits per heavy atom. The molecule has 0 saturated carbocycles. The molecular weight excluding hydrogens is 238 g/mol. The minimum absolute atomic E-state index is 0.112. The second-order valence-electron chi connectivity index (χ2n) is 3.20. The summed E-state index contributed by atoms with van der Waals surface area (Å²) < 4.78 is 5.00. The molecule has 0 heterocycles. The van der Waals surface area contributed by atoms with Crippen LogP contribution in [0.15, 0.2) is 18.2 Å². The van der Waals surface area contributed by atoms with Gasteiger partial charge in [0.15, 0.2) is 17.7 Å². The predicted octanol–water partition coefficient (Wildman–Crippen LogP) is -0.701. The molecule has 0 spiro atoms. The van der Waals surface area contributed by atoms with Crippen molar-refractivity contribution in [1.82, 2.24) is 10.7 Å². The lowest BCUT2D eigenvalue weighted by Gasteiger charge is -2.02. The summed E-state index contributed by atoms with van der Waals surface area (Å²) in [7, 11) is 1.50. The smallest absolute Gasteiger partial charge is 0.223 e. The standard InChI is InChI=1S/C11H15N3O2S/c1-3-12-11(17)14-13-7-8-4-5-9(15)10(6-8)16-2/h4-7,15H,3H2,1-2H3,(H2,12,14,17)/p+1. The van der Waals surface area contributed by atoms with E-state index in [1.54, 1.807) is 24.4 Å². The number of ether oxygens (including phenoxy) is 1. The van der Waals surface area contributed by atoms with Crippen molar-refractivity contribution in [2.24, 2.45) is 0 Å². The first kappa shape index (κ1) is 13.2. The summed E-state index contributed by atoms with van der Waals surface area (Å²) >= 11 is 4.97. The Balaban J connectivity index is 2.62. The summed E-state index contributed by atoms with van der Waals surface area (Å²) in [6.45, 7) is 2.73. The number of hydrazone groups is 1. The normalized spacial score (nSPS) is 10.2. The van der Waals surface area contributed by atoms with Crippen LogP contribution in [0.5, 0.6) is 11.5 Å². The maximum absolute atomic E-state index is 9.41. The third-order valence-electron chi connectivity index (χ3n) is 1.97. The van der Waals surface area contributed by atoms with Crippen molar-refractivity contribution >= 4 is 23.5 Å². The second kappa shape index (κ2) is 6.70. The average molecular weight is 254 g/mol. The molecule has 0 aliphatic rings. The van der Waals surface area contributed by atoms with E-state index in [0.29, 0.717) is 10.9 Å². The number of hydrogen-bond donors (Lipinski definition) is 4. The van der Waals surface area contributed by atoms with Crippen LogP contribution in [0.1, 0.15) is 12.5 Å². The van der Waals surface area contributed by atoms with Gasteiger partial charge >= 0.3 is 0 Å². The molecule has 1 aromatic rings. The molecule has 5 nitrogen and oxygen atoms in total. The molecule has 0 atom stereocenters. The van der Waals surface area contributed by atoms with E-state index in [4.69, 9.17) is 17.0 Å². The van der Waals surface area contributed by atoms with E-state index in [2.05, 4.69) is 15.8 Å². The maximum Gasteiger partial charge on any atom is 0.223 e. The molecule has 0 radical (unpaired) electrons. The van der Waals surface area contributed by atoms with Gasteiger partial charge < -0.3 is 15.2 Å². The van der Waals surface area contributed by atoms with E-state index in [-0.39, 0.29) is 5.75 Å². The monoisotopic (exact) mass is 254 g/mol. The predicted molar refractivity (Wildman–Crippen MR) is 70.2 cm³/mol. The van der Waals surface area contributed by atoms with Crippen LogP contribution in [0.25, 0.3) is 0 Å². The number of hydrazine groups is 1. The van der Waals surface area contributed by atoms with E-state index < -0.39 is 0 Å². The highest BCUT2D eigenvalue weighted by molar-refractivity contribution is 7.80. The fourth-order valence-corrected chi connectivity index (χ4v) is 1.38. The Labute approximate surface area is 105 Å². The Hall–Kier alpha value is -1.82. The van der Waals surface area contributed by atoms with Crippen LogP contribution in [0.2, 0.25) is 0 Å². The van der Waals surface area contributed by atoms with E-state index in [1.165, 1.54) is 7.11 Å². The lowest BCUT2D eigenvalue weighted by molar-refractivity contribution is -0.500. The first-order chi connectivity index (χ1) is 8.17. The molecule has 0 amide bonds. The van der Waals surface area contributed by atoms with Gasteiger partial charge in [0.25, 0.3) is 0 Å². The largest absolute Gasteiger partial charge is 0.504 e. The number of aromatic hydroxyl groups is 1. The number of methoxy groups -OCH3 is 1. The number of rotatable bonds is 4. The molecular formula is C11H16N3O2S+. The molecule has 92 valence electrons. The van der Waals surface area contributed by atoms with E-state index in [9.17, 15) is 5.11 Å². The fraction of sp³-hybridized carbons (Fsp3) is 0.273. The van der Waals surface area contributed by atoms with Crippen LogP contribution >= 0.6 is 12.2 Å². The first-order valence-corrected chi connectivity index (χ1v) is 5.57. The van der Waals surface area contributed by atoms with Gasteiger partial charge in [-0.15, -0.1) is 10.5 Å². The van der Waals surface area contributed by atoms with Gasteiger partial charge in [0.05, 0.1) is 7.11 Å². The van der Waals surface area contributed by atoms with Gasteiger partial charge in [-0.25, -0.2) is 0 Å². The molecule has 0 aliphatic carbocycles. The molecule has 17 heavy (non-hydrogen) atoms. The van der Waals surface area contributed by atoms with Gasteiger partial charge in [-0.1, -0.05) is 0 Å². The zero-order valence-electron chi connectivity index (χ0n) is 9.78.